The summed E-state index contributed by atoms with van der Waals surface area (Å²) in [7, 11) is 0. The zero-order valence-electron chi connectivity index (χ0n) is 22.7. The molecule has 0 aromatic carbocycles. The number of carbonyl (C=O) groups excluding carboxylic acids is 1. The number of amidine groups is 1. The number of pyridine rings is 1. The molecule has 4 heterocycles. The number of aryl methyl sites for hydroxylation is 1. The van der Waals surface area contributed by atoms with Gasteiger partial charge in [-0.1, -0.05) is 11.3 Å². The Morgan fingerprint density at radius 1 is 1.30 bits per heavy atom. The zero-order chi connectivity index (χ0) is 28.3. The van der Waals surface area contributed by atoms with E-state index in [1.165, 1.54) is 0 Å². The van der Waals surface area contributed by atoms with E-state index in [0.717, 1.165) is 53.7 Å². The van der Waals surface area contributed by atoms with Gasteiger partial charge in [0.25, 0.3) is 5.91 Å². The second kappa shape index (κ2) is 11.4. The summed E-state index contributed by atoms with van der Waals surface area (Å²) in [5.41, 5.74) is 4.76. The SMILES string of the molecule is CC(C)(O)c1ccc(CNC(=O)c2cn(CCCCC(=N)/C=C3\C(=N)NC(C4CC4)=C3c3ccoc3)nn2)cn1. The lowest BCUT2D eigenvalue weighted by atomic mass is 9.97. The van der Waals surface area contributed by atoms with Crippen LogP contribution in [0.1, 0.15) is 73.3 Å². The first kappa shape index (κ1) is 27.2. The van der Waals surface area contributed by atoms with Gasteiger partial charge < -0.3 is 25.6 Å². The highest BCUT2D eigenvalue weighted by atomic mass is 16.3. The van der Waals surface area contributed by atoms with Gasteiger partial charge in [0.2, 0.25) is 0 Å². The highest BCUT2D eigenvalue weighted by Crippen LogP contribution is 2.44. The topological polar surface area (TPSA) is 166 Å². The number of rotatable bonds is 12. The number of allylic oxidation sites excluding steroid dienone is 2. The van der Waals surface area contributed by atoms with Crippen molar-refractivity contribution < 1.29 is 14.3 Å². The third-order valence-corrected chi connectivity index (χ3v) is 6.94. The molecule has 1 aliphatic carbocycles. The molecule has 1 saturated carbocycles. The van der Waals surface area contributed by atoms with Crippen molar-refractivity contribution in [3.05, 3.63) is 83.0 Å². The molecule has 0 atom stereocenters. The summed E-state index contributed by atoms with van der Waals surface area (Å²) >= 11 is 0. The Morgan fingerprint density at radius 3 is 2.80 bits per heavy atom. The molecular weight excluding hydrogens is 508 g/mol. The van der Waals surface area contributed by atoms with Crippen molar-refractivity contribution >= 4 is 23.0 Å². The Balaban J connectivity index is 1.09. The molecule has 5 N–H and O–H groups in total. The second-order valence-electron chi connectivity index (χ2n) is 10.8. The predicted molar refractivity (Wildman–Crippen MR) is 150 cm³/mol. The smallest absolute Gasteiger partial charge is 0.273 e. The van der Waals surface area contributed by atoms with Gasteiger partial charge in [-0.2, -0.15) is 0 Å². The third-order valence-electron chi connectivity index (χ3n) is 6.94. The average molecular weight is 543 g/mol. The maximum Gasteiger partial charge on any atom is 0.273 e. The molecule has 11 nitrogen and oxygen atoms in total. The third kappa shape index (κ3) is 6.42. The summed E-state index contributed by atoms with van der Waals surface area (Å²) in [5.74, 6) is 0.451. The number of aromatic nitrogens is 4. The summed E-state index contributed by atoms with van der Waals surface area (Å²) in [5, 5.41) is 41.0. The Labute approximate surface area is 232 Å². The van der Waals surface area contributed by atoms with E-state index in [-0.39, 0.29) is 18.1 Å². The van der Waals surface area contributed by atoms with E-state index >= 15 is 0 Å². The molecule has 0 unspecified atom stereocenters. The van der Waals surface area contributed by atoms with Gasteiger partial charge in [-0.25, -0.2) is 0 Å². The quantitative estimate of drug-likeness (QED) is 0.171. The number of nitrogens with zero attached hydrogens (tertiary/aromatic N) is 4. The lowest BCUT2D eigenvalue weighted by molar-refractivity contribution is 0.0737. The average Bonchev–Trinajstić information content (AvgIpc) is 3.28. The standard InChI is InChI=1S/C29H34N8O3/c1-29(2,39)24-9-6-18(14-32-24)15-33-28(38)23-16-37(36-35-23)11-4-3-5-21(30)13-22-25(20-10-12-40-17-20)26(19-7-8-19)34-27(22)31/h6,9-10,12-14,16-17,19,30,39H,3-5,7-8,11,15H2,1-2H3,(H2,31,34)(H,33,38)/b22-13-,30-21?. The van der Waals surface area contributed by atoms with Crippen molar-refractivity contribution in [1.82, 2.24) is 30.6 Å². The molecule has 40 heavy (non-hydrogen) atoms. The molecule has 3 aromatic rings. The van der Waals surface area contributed by atoms with Crippen molar-refractivity contribution in [2.75, 3.05) is 0 Å². The maximum atomic E-state index is 12.5. The van der Waals surface area contributed by atoms with Crippen LogP contribution in [0.2, 0.25) is 0 Å². The van der Waals surface area contributed by atoms with Gasteiger partial charge in [0.05, 0.1) is 24.4 Å². The second-order valence-corrected chi connectivity index (χ2v) is 10.8. The number of carbonyl (C=O) groups is 1. The summed E-state index contributed by atoms with van der Waals surface area (Å²) in [6.45, 7) is 4.21. The number of unbranched alkanes of at least 4 members (excludes halogenated alkanes) is 1. The molecule has 3 aromatic heterocycles. The minimum absolute atomic E-state index is 0.232. The fraction of sp³-hybridized carbons (Fsp3) is 0.379. The first-order valence-electron chi connectivity index (χ1n) is 13.5. The normalized spacial score (nSPS) is 16.5. The maximum absolute atomic E-state index is 12.5. The van der Waals surface area contributed by atoms with Crippen LogP contribution >= 0.6 is 0 Å². The van der Waals surface area contributed by atoms with Crippen molar-refractivity contribution in [3.8, 4) is 0 Å². The Morgan fingerprint density at radius 2 is 2.12 bits per heavy atom. The Hall–Kier alpha value is -4.38. The van der Waals surface area contributed by atoms with Crippen molar-refractivity contribution in [1.29, 1.82) is 10.8 Å². The molecule has 0 radical (unpaired) electrons. The molecule has 11 heteroatoms. The van der Waals surface area contributed by atoms with Crippen LogP contribution in [0.5, 0.6) is 0 Å². The summed E-state index contributed by atoms with van der Waals surface area (Å²) in [6, 6.07) is 5.45. The van der Waals surface area contributed by atoms with Crippen LogP contribution in [-0.2, 0) is 18.7 Å². The van der Waals surface area contributed by atoms with Crippen LogP contribution in [0.3, 0.4) is 0 Å². The molecule has 5 rings (SSSR count). The zero-order valence-corrected chi connectivity index (χ0v) is 22.7. The fourth-order valence-electron chi connectivity index (χ4n) is 4.59. The first-order valence-corrected chi connectivity index (χ1v) is 13.5. The van der Waals surface area contributed by atoms with Gasteiger partial charge in [-0.15, -0.1) is 5.10 Å². The summed E-state index contributed by atoms with van der Waals surface area (Å²) < 4.78 is 6.92. The Kier molecular flexibility index (Phi) is 7.74. The number of hydrogen-bond donors (Lipinski definition) is 5. The van der Waals surface area contributed by atoms with Gasteiger partial charge >= 0.3 is 0 Å². The summed E-state index contributed by atoms with van der Waals surface area (Å²) in [6.07, 6.45) is 12.7. The highest BCUT2D eigenvalue weighted by Gasteiger charge is 2.36. The van der Waals surface area contributed by atoms with Gasteiger partial charge in [-0.05, 0) is 75.6 Å². The van der Waals surface area contributed by atoms with E-state index in [4.69, 9.17) is 15.2 Å². The van der Waals surface area contributed by atoms with Crippen LogP contribution in [0.25, 0.3) is 5.57 Å². The van der Waals surface area contributed by atoms with E-state index in [0.29, 0.717) is 36.1 Å². The van der Waals surface area contributed by atoms with Crippen LogP contribution in [0.15, 0.2) is 64.9 Å². The van der Waals surface area contributed by atoms with Gasteiger partial charge in [0.1, 0.15) is 11.4 Å². The lowest BCUT2D eigenvalue weighted by Gasteiger charge is -2.16. The number of amides is 1. The lowest BCUT2D eigenvalue weighted by Crippen LogP contribution is -2.23. The van der Waals surface area contributed by atoms with Crippen molar-refractivity contribution in [2.24, 2.45) is 5.92 Å². The van der Waals surface area contributed by atoms with Crippen LogP contribution in [0, 0.1) is 16.7 Å². The van der Waals surface area contributed by atoms with Gasteiger partial charge in [-0.3, -0.25) is 19.9 Å². The minimum atomic E-state index is -1.02. The molecule has 1 amide bonds. The molecule has 0 saturated heterocycles. The predicted octanol–water partition coefficient (Wildman–Crippen LogP) is 3.94. The fourth-order valence-corrected chi connectivity index (χ4v) is 4.59. The monoisotopic (exact) mass is 542 g/mol. The van der Waals surface area contributed by atoms with Crippen molar-refractivity contribution in [3.63, 3.8) is 0 Å². The van der Waals surface area contributed by atoms with Gasteiger partial charge in [0.15, 0.2) is 5.69 Å². The molecular formula is C29H34N8O3. The van der Waals surface area contributed by atoms with E-state index in [2.05, 4.69) is 25.9 Å². The van der Waals surface area contributed by atoms with E-state index in [1.807, 2.05) is 12.1 Å². The largest absolute Gasteiger partial charge is 0.472 e. The molecule has 0 spiro atoms. The van der Waals surface area contributed by atoms with Crippen LogP contribution in [0.4, 0.5) is 0 Å². The minimum Gasteiger partial charge on any atom is -0.472 e. The molecule has 0 bridgehead atoms. The molecule has 208 valence electrons. The molecule has 2 aliphatic rings. The number of hydrogen-bond acceptors (Lipinski definition) is 8. The van der Waals surface area contributed by atoms with E-state index < -0.39 is 5.60 Å². The van der Waals surface area contributed by atoms with E-state index in [9.17, 15) is 9.90 Å². The summed E-state index contributed by atoms with van der Waals surface area (Å²) in [4.78, 5) is 16.7. The number of nitrogens with one attached hydrogen (secondary N) is 4. The molecule has 1 aliphatic heterocycles. The number of furan rings is 1. The highest BCUT2D eigenvalue weighted by molar-refractivity contribution is 6.19. The van der Waals surface area contributed by atoms with Crippen molar-refractivity contribution in [2.45, 2.75) is 64.6 Å². The first-order chi connectivity index (χ1) is 19.2. The van der Waals surface area contributed by atoms with Gasteiger partial charge in [0, 0.05) is 47.4 Å². The van der Waals surface area contributed by atoms with Crippen LogP contribution < -0.4 is 10.6 Å². The number of aliphatic hydroxyl groups is 1. The Bertz CT molecular complexity index is 1460. The molecule has 1 fully saturated rings. The van der Waals surface area contributed by atoms with Crippen LogP contribution in [-0.4, -0.2) is 42.5 Å². The van der Waals surface area contributed by atoms with E-state index in [1.54, 1.807) is 55.6 Å².